The second-order valence-corrected chi connectivity index (χ2v) is 11.3. The van der Waals surface area contributed by atoms with Crippen LogP contribution in [0.1, 0.15) is 27.0 Å². The predicted molar refractivity (Wildman–Crippen MR) is 126 cm³/mol. The Labute approximate surface area is 196 Å². The van der Waals surface area contributed by atoms with Gasteiger partial charge in [-0.2, -0.15) is 0 Å². The third-order valence-electron chi connectivity index (χ3n) is 4.40. The van der Waals surface area contributed by atoms with Crippen LogP contribution in [0.4, 0.5) is 0 Å². The smallest absolute Gasteiger partial charge is 0.335 e. The number of hydrogen-bond donors (Lipinski definition) is 3. The minimum Gasteiger partial charge on any atom is -0.508 e. The number of phenols is 1. The van der Waals surface area contributed by atoms with Gasteiger partial charge in [0.25, 0.3) is 0 Å². The van der Waals surface area contributed by atoms with E-state index >= 15 is 0 Å². The first-order valence-corrected chi connectivity index (χ1v) is 13.0. The average molecular weight is 570 g/mol. The van der Waals surface area contributed by atoms with Crippen LogP contribution in [0.2, 0.25) is 0 Å². The molecule has 0 heterocycles. The van der Waals surface area contributed by atoms with Gasteiger partial charge in [-0.1, -0.05) is 12.1 Å². The summed E-state index contributed by atoms with van der Waals surface area (Å²) in [5.41, 5.74) is 2.35. The highest BCUT2D eigenvalue weighted by atomic mass is 79.9. The average Bonchev–Trinajstić information content (AvgIpc) is 2.66. The van der Waals surface area contributed by atoms with Gasteiger partial charge >= 0.3 is 5.97 Å². The Bertz CT molecular complexity index is 1150. The van der Waals surface area contributed by atoms with E-state index in [1.165, 1.54) is 24.9 Å². The molecule has 0 aliphatic rings. The van der Waals surface area contributed by atoms with Crippen LogP contribution in [0.15, 0.2) is 63.5 Å². The third-order valence-corrected chi connectivity index (χ3v) is 6.53. The van der Waals surface area contributed by atoms with Gasteiger partial charge in [0.1, 0.15) is 11.5 Å². The Morgan fingerprint density at radius 2 is 1.61 bits per heavy atom. The number of carboxylic acids is 1. The molecule has 6 nitrogen and oxygen atoms in total. The fraction of sp³-hybridized carbons (Fsp3) is 0.136. The summed E-state index contributed by atoms with van der Waals surface area (Å²) in [6, 6.07) is 14.8. The molecule has 0 saturated carbocycles. The van der Waals surface area contributed by atoms with E-state index in [1.807, 2.05) is 0 Å². The maximum atomic E-state index is 11.7. The first-order chi connectivity index (χ1) is 14.5. The summed E-state index contributed by atoms with van der Waals surface area (Å²) in [6.07, 6.45) is 0.445. The molecule has 162 valence electrons. The minimum atomic E-state index is -3.21. The second-order valence-electron chi connectivity index (χ2n) is 7.17. The van der Waals surface area contributed by atoms with E-state index < -0.39 is 13.3 Å². The van der Waals surface area contributed by atoms with E-state index in [4.69, 9.17) is 9.84 Å². The molecule has 3 N–H and O–H groups in total. The summed E-state index contributed by atoms with van der Waals surface area (Å²) in [5, 5.41) is 19.3. The number of ether oxygens (including phenoxy) is 1. The van der Waals surface area contributed by atoms with E-state index in [2.05, 4.69) is 31.9 Å². The van der Waals surface area contributed by atoms with Gasteiger partial charge in [0.2, 0.25) is 7.37 Å². The van der Waals surface area contributed by atoms with E-state index in [-0.39, 0.29) is 17.5 Å². The molecule has 0 fully saturated rings. The molecular formula is C22H19Br2O6P. The van der Waals surface area contributed by atoms with Gasteiger partial charge in [-0.25, -0.2) is 4.79 Å². The Kier molecular flexibility index (Phi) is 7.27. The molecule has 3 aromatic carbocycles. The van der Waals surface area contributed by atoms with Gasteiger partial charge in [0.05, 0.1) is 14.5 Å². The Morgan fingerprint density at radius 3 is 2.16 bits per heavy atom. The van der Waals surface area contributed by atoms with Crippen LogP contribution < -0.4 is 4.74 Å². The van der Waals surface area contributed by atoms with Crippen LogP contribution in [-0.2, 0) is 17.1 Å². The van der Waals surface area contributed by atoms with Gasteiger partial charge in [-0.05, 0) is 85.5 Å². The van der Waals surface area contributed by atoms with Crippen LogP contribution in [0.3, 0.4) is 0 Å². The quantitative estimate of drug-likeness (QED) is 0.284. The van der Waals surface area contributed by atoms with Crippen LogP contribution in [0, 0.1) is 0 Å². The lowest BCUT2D eigenvalue weighted by Gasteiger charge is -2.14. The first kappa shape index (κ1) is 23.5. The van der Waals surface area contributed by atoms with Crippen molar-refractivity contribution in [3.63, 3.8) is 0 Å². The molecular weight excluding hydrogens is 551 g/mol. The molecule has 0 radical (unpaired) electrons. The van der Waals surface area contributed by atoms with Crippen LogP contribution in [0.5, 0.6) is 17.2 Å². The third kappa shape index (κ3) is 6.43. The normalized spacial score (nSPS) is 12.9. The van der Waals surface area contributed by atoms with Crippen molar-refractivity contribution in [2.24, 2.45) is 0 Å². The summed E-state index contributed by atoms with van der Waals surface area (Å²) in [5.74, 6) is 0.0972. The molecule has 3 aromatic rings. The number of hydrogen-bond acceptors (Lipinski definition) is 4. The lowest BCUT2D eigenvalue weighted by atomic mass is 10.0. The van der Waals surface area contributed by atoms with E-state index in [0.29, 0.717) is 38.0 Å². The summed E-state index contributed by atoms with van der Waals surface area (Å²) < 4.78 is 18.9. The van der Waals surface area contributed by atoms with Gasteiger partial charge in [-0.15, -0.1) is 0 Å². The first-order valence-electron chi connectivity index (χ1n) is 9.11. The van der Waals surface area contributed by atoms with E-state index in [9.17, 15) is 19.4 Å². The molecule has 0 bridgehead atoms. The molecule has 0 aromatic heterocycles. The maximum Gasteiger partial charge on any atom is 0.335 e. The lowest BCUT2D eigenvalue weighted by molar-refractivity contribution is 0.0697. The molecule has 0 aliphatic heterocycles. The monoisotopic (exact) mass is 568 g/mol. The fourth-order valence-corrected chi connectivity index (χ4v) is 5.31. The van der Waals surface area contributed by atoms with Crippen molar-refractivity contribution in [2.45, 2.75) is 12.6 Å². The van der Waals surface area contributed by atoms with Gasteiger partial charge < -0.3 is 19.8 Å². The van der Waals surface area contributed by atoms with Crippen molar-refractivity contribution in [1.29, 1.82) is 0 Å². The van der Waals surface area contributed by atoms with Gasteiger partial charge in [-0.3, -0.25) is 4.57 Å². The largest absolute Gasteiger partial charge is 0.508 e. The van der Waals surface area contributed by atoms with E-state index in [1.54, 1.807) is 36.4 Å². The maximum absolute atomic E-state index is 11.7. The highest BCUT2D eigenvalue weighted by Gasteiger charge is 2.16. The second kappa shape index (κ2) is 9.57. The Morgan fingerprint density at radius 1 is 1.00 bits per heavy atom. The Balaban J connectivity index is 1.83. The van der Waals surface area contributed by atoms with Gasteiger partial charge in [0.15, 0.2) is 5.75 Å². The minimum absolute atomic E-state index is 0.0501. The molecule has 0 aliphatic carbocycles. The van der Waals surface area contributed by atoms with Crippen molar-refractivity contribution in [2.75, 3.05) is 6.66 Å². The molecule has 9 heteroatoms. The number of carbonyl (C=O) groups is 1. The van der Waals surface area contributed by atoms with Crippen molar-refractivity contribution in [1.82, 2.24) is 0 Å². The van der Waals surface area contributed by atoms with Crippen molar-refractivity contribution < 1.29 is 29.2 Å². The van der Waals surface area contributed by atoms with Gasteiger partial charge in [0, 0.05) is 24.8 Å². The zero-order valence-electron chi connectivity index (χ0n) is 16.4. The SMILES string of the molecule is CP(=O)(O)Cc1cc(Br)c(Oc2ccc(O)c(Cc3ccc(C(=O)O)cc3)c2)c(Br)c1. The number of benzene rings is 3. The molecule has 1 unspecified atom stereocenters. The van der Waals surface area contributed by atoms with Crippen LogP contribution in [0.25, 0.3) is 0 Å². The van der Waals surface area contributed by atoms with Crippen molar-refractivity contribution in [3.8, 4) is 17.2 Å². The molecule has 1 atom stereocenters. The number of carboxylic acid groups (broad SMARTS) is 1. The number of phenolic OH excluding ortho intramolecular Hbond substituents is 1. The number of halogens is 2. The number of rotatable bonds is 7. The number of aromatic carboxylic acids is 1. The predicted octanol–water partition coefficient (Wildman–Crippen LogP) is 6.40. The van der Waals surface area contributed by atoms with Crippen LogP contribution >= 0.6 is 39.2 Å². The summed E-state index contributed by atoms with van der Waals surface area (Å²) in [4.78, 5) is 20.6. The topological polar surface area (TPSA) is 104 Å². The summed E-state index contributed by atoms with van der Waals surface area (Å²) in [6.45, 7) is 1.31. The molecule has 3 rings (SSSR count). The highest BCUT2D eigenvalue weighted by Crippen LogP contribution is 2.44. The number of aromatic hydroxyl groups is 1. The molecule has 0 saturated heterocycles. The zero-order valence-corrected chi connectivity index (χ0v) is 20.4. The fourth-order valence-electron chi connectivity index (χ4n) is 3.01. The zero-order chi connectivity index (χ0) is 22.8. The highest BCUT2D eigenvalue weighted by molar-refractivity contribution is 9.11. The Hall–Kier alpha value is -2.12. The molecule has 0 amide bonds. The molecule has 0 spiro atoms. The molecule has 31 heavy (non-hydrogen) atoms. The standard InChI is InChI=1S/C22H19Br2O6P/c1-31(28,29)12-14-9-18(23)21(19(24)10-14)30-17-6-7-20(25)16(11-17)8-13-2-4-15(5-3-13)22(26)27/h2-7,9-11,25H,8,12H2,1H3,(H,26,27)(H,28,29). The lowest BCUT2D eigenvalue weighted by Crippen LogP contribution is -1.97. The van der Waals surface area contributed by atoms with Crippen LogP contribution in [-0.4, -0.2) is 27.7 Å². The van der Waals surface area contributed by atoms with E-state index in [0.717, 1.165) is 5.56 Å². The van der Waals surface area contributed by atoms with Crippen molar-refractivity contribution in [3.05, 3.63) is 85.8 Å². The van der Waals surface area contributed by atoms with Crippen molar-refractivity contribution >= 4 is 45.2 Å². The summed E-state index contributed by atoms with van der Waals surface area (Å²) in [7, 11) is -3.21. The summed E-state index contributed by atoms with van der Waals surface area (Å²) >= 11 is 6.89.